The Balaban J connectivity index is 1.51. The van der Waals surface area contributed by atoms with Crippen LogP contribution in [0.2, 0.25) is 10.0 Å². The van der Waals surface area contributed by atoms with Gasteiger partial charge in [0, 0.05) is 35.2 Å². The van der Waals surface area contributed by atoms with E-state index < -0.39 is 24.1 Å². The van der Waals surface area contributed by atoms with Gasteiger partial charge in [-0.05, 0) is 31.0 Å². The largest absolute Gasteiger partial charge is 0.381 e. The molecule has 11 heteroatoms. The topological polar surface area (TPSA) is 87.4 Å². The number of hydrogen-bond donors (Lipinski definition) is 2. The molecule has 3 N–H and O–H groups in total. The highest BCUT2D eigenvalue weighted by molar-refractivity contribution is 6.35. The second-order valence-corrected chi connectivity index (χ2v) is 8.69. The van der Waals surface area contributed by atoms with Crippen LogP contribution in [0.4, 0.5) is 26.1 Å². The smallest absolute Gasteiger partial charge is 0.245 e. The summed E-state index contributed by atoms with van der Waals surface area (Å²) < 4.78 is 29.0. The number of nitrogens with two attached hydrogens (primary N) is 1. The third-order valence-electron chi connectivity index (χ3n) is 5.59. The van der Waals surface area contributed by atoms with Gasteiger partial charge in [-0.25, -0.2) is 14.4 Å². The molecule has 0 bridgehead atoms. The van der Waals surface area contributed by atoms with E-state index in [1.807, 2.05) is 0 Å². The summed E-state index contributed by atoms with van der Waals surface area (Å²) in [6, 6.07) is 4.10. The van der Waals surface area contributed by atoms with Crippen LogP contribution in [-0.4, -0.2) is 58.7 Å². The molecule has 166 valence electrons. The fraction of sp³-hybridized carbons (Fsp3) is 0.450. The van der Waals surface area contributed by atoms with Crippen molar-refractivity contribution in [3.63, 3.8) is 0 Å². The van der Waals surface area contributed by atoms with Crippen LogP contribution in [0.5, 0.6) is 0 Å². The molecule has 2 aliphatic heterocycles. The van der Waals surface area contributed by atoms with E-state index in [0.717, 1.165) is 12.7 Å². The molecule has 1 amide bonds. The van der Waals surface area contributed by atoms with E-state index in [2.05, 4.69) is 15.3 Å². The monoisotopic (exact) mass is 470 g/mol. The fourth-order valence-electron chi connectivity index (χ4n) is 4.24. The molecule has 0 saturated carbocycles. The van der Waals surface area contributed by atoms with Gasteiger partial charge in [0.2, 0.25) is 11.7 Å². The number of benzene rings is 1. The van der Waals surface area contributed by atoms with Crippen LogP contribution < -0.4 is 16.0 Å². The van der Waals surface area contributed by atoms with Gasteiger partial charge in [0.05, 0.1) is 12.6 Å². The van der Waals surface area contributed by atoms with Gasteiger partial charge < -0.3 is 20.9 Å². The van der Waals surface area contributed by atoms with Crippen molar-refractivity contribution in [2.45, 2.75) is 37.5 Å². The lowest BCUT2D eigenvalue weighted by Crippen LogP contribution is -2.58. The zero-order valence-electron chi connectivity index (χ0n) is 16.6. The van der Waals surface area contributed by atoms with Crippen molar-refractivity contribution < 1.29 is 13.6 Å². The second kappa shape index (κ2) is 9.00. The Labute approximate surface area is 188 Å². The highest BCUT2D eigenvalue weighted by Gasteiger charge is 2.38. The number of aromatic nitrogens is 2. The van der Waals surface area contributed by atoms with Crippen LogP contribution in [0.1, 0.15) is 19.3 Å². The van der Waals surface area contributed by atoms with Gasteiger partial charge in [-0.2, -0.15) is 4.39 Å². The number of nitrogens with one attached hydrogen (secondary N) is 1. The van der Waals surface area contributed by atoms with E-state index in [9.17, 15) is 13.6 Å². The van der Waals surface area contributed by atoms with E-state index in [1.54, 1.807) is 23.1 Å². The molecule has 0 spiro atoms. The van der Waals surface area contributed by atoms with Gasteiger partial charge in [-0.1, -0.05) is 23.2 Å². The van der Waals surface area contributed by atoms with Crippen LogP contribution in [0.15, 0.2) is 24.5 Å². The summed E-state index contributed by atoms with van der Waals surface area (Å²) in [7, 11) is 0. The number of nitrogen functional groups attached to an aromatic ring is 1. The molecule has 2 saturated heterocycles. The van der Waals surface area contributed by atoms with Gasteiger partial charge >= 0.3 is 0 Å². The number of carbonyl (C=O) groups is 1. The number of anilines is 3. The predicted molar refractivity (Wildman–Crippen MR) is 117 cm³/mol. The highest BCUT2D eigenvalue weighted by atomic mass is 35.5. The van der Waals surface area contributed by atoms with Gasteiger partial charge in [0.1, 0.15) is 18.5 Å². The molecule has 7 nitrogen and oxygen atoms in total. The molecular formula is C20H22Cl2F2N6O. The number of carbonyl (C=O) groups excluding carboxylic acids is 1. The molecule has 3 atom stereocenters. The molecule has 31 heavy (non-hydrogen) atoms. The van der Waals surface area contributed by atoms with Crippen LogP contribution in [0.3, 0.4) is 0 Å². The van der Waals surface area contributed by atoms with E-state index >= 15 is 0 Å². The SMILES string of the molecule is Nc1ncnc(N2CC(F)CC(N3CCCC(Nc4cc(Cl)cc(Cl)c4)C3=O)C2)c1F. The Hall–Kier alpha value is -2.39. The summed E-state index contributed by atoms with van der Waals surface area (Å²) in [5.74, 6) is -1.25. The molecule has 4 rings (SSSR count). The van der Waals surface area contributed by atoms with Crippen LogP contribution in [-0.2, 0) is 4.79 Å². The molecule has 2 fully saturated rings. The zero-order valence-corrected chi connectivity index (χ0v) is 18.1. The molecule has 3 heterocycles. The Morgan fingerprint density at radius 3 is 2.65 bits per heavy atom. The van der Waals surface area contributed by atoms with Crippen molar-refractivity contribution in [2.75, 3.05) is 35.6 Å². The van der Waals surface area contributed by atoms with Crippen molar-refractivity contribution in [1.29, 1.82) is 0 Å². The number of halogens is 4. The lowest BCUT2D eigenvalue weighted by Gasteiger charge is -2.44. The first kappa shape index (κ1) is 21.8. The quantitative estimate of drug-likeness (QED) is 0.710. The Morgan fingerprint density at radius 1 is 1.16 bits per heavy atom. The molecule has 0 aliphatic carbocycles. The van der Waals surface area contributed by atoms with Crippen molar-refractivity contribution in [2.24, 2.45) is 0 Å². The standard InChI is InChI=1S/C20H22Cl2F2N6O/c21-11-4-12(22)6-14(5-11)28-16-2-1-3-30(20(16)31)15-7-13(23)8-29(9-15)19-17(24)18(25)26-10-27-19/h4-6,10,13,15-16,28H,1-3,7-9H2,(H2,25,26,27). The number of hydrogen-bond acceptors (Lipinski definition) is 6. The van der Waals surface area contributed by atoms with Crippen molar-refractivity contribution >= 4 is 46.4 Å². The number of amides is 1. The van der Waals surface area contributed by atoms with Crippen molar-refractivity contribution in [1.82, 2.24) is 14.9 Å². The molecule has 1 aromatic carbocycles. The van der Waals surface area contributed by atoms with Crippen LogP contribution in [0.25, 0.3) is 0 Å². The Bertz CT molecular complexity index is 960. The van der Waals surface area contributed by atoms with E-state index in [0.29, 0.717) is 28.7 Å². The molecule has 1 aromatic heterocycles. The summed E-state index contributed by atoms with van der Waals surface area (Å²) in [5.41, 5.74) is 6.18. The first-order chi connectivity index (χ1) is 14.8. The summed E-state index contributed by atoms with van der Waals surface area (Å²) in [6.45, 7) is 0.747. The summed E-state index contributed by atoms with van der Waals surface area (Å²) in [6.07, 6.45) is 1.47. The first-order valence-corrected chi connectivity index (χ1v) is 10.8. The number of rotatable bonds is 4. The predicted octanol–water partition coefficient (Wildman–Crippen LogP) is 3.52. The zero-order chi connectivity index (χ0) is 22.1. The van der Waals surface area contributed by atoms with Crippen LogP contribution in [0, 0.1) is 5.82 Å². The summed E-state index contributed by atoms with van der Waals surface area (Å²) >= 11 is 12.1. The summed E-state index contributed by atoms with van der Waals surface area (Å²) in [5, 5.41) is 4.11. The average molecular weight is 471 g/mol. The van der Waals surface area contributed by atoms with Crippen molar-refractivity contribution in [3.05, 3.63) is 40.4 Å². The number of alkyl halides is 1. The minimum absolute atomic E-state index is 0.0193. The molecule has 0 radical (unpaired) electrons. The lowest BCUT2D eigenvalue weighted by atomic mass is 9.97. The second-order valence-electron chi connectivity index (χ2n) is 7.82. The maximum Gasteiger partial charge on any atom is 0.245 e. The van der Waals surface area contributed by atoms with Crippen molar-refractivity contribution in [3.8, 4) is 0 Å². The number of piperidine rings is 2. The molecule has 2 aliphatic rings. The first-order valence-electron chi connectivity index (χ1n) is 10.00. The molecule has 3 unspecified atom stereocenters. The van der Waals surface area contributed by atoms with Gasteiger partial charge in [-0.3, -0.25) is 4.79 Å². The molecular weight excluding hydrogens is 449 g/mol. The minimum atomic E-state index is -1.23. The average Bonchev–Trinajstić information content (AvgIpc) is 2.70. The molecule has 2 aromatic rings. The number of likely N-dealkylation sites (tertiary alicyclic amines) is 1. The van der Waals surface area contributed by atoms with E-state index in [-0.39, 0.29) is 37.1 Å². The van der Waals surface area contributed by atoms with Gasteiger partial charge in [0.15, 0.2) is 11.6 Å². The lowest BCUT2D eigenvalue weighted by molar-refractivity contribution is -0.137. The van der Waals surface area contributed by atoms with Gasteiger partial charge in [-0.15, -0.1) is 0 Å². The van der Waals surface area contributed by atoms with E-state index in [1.165, 1.54) is 4.90 Å². The van der Waals surface area contributed by atoms with Gasteiger partial charge in [0.25, 0.3) is 0 Å². The maximum absolute atomic E-state index is 14.6. The van der Waals surface area contributed by atoms with Crippen LogP contribution >= 0.6 is 23.2 Å². The third kappa shape index (κ3) is 4.77. The highest BCUT2D eigenvalue weighted by Crippen LogP contribution is 2.29. The third-order valence-corrected chi connectivity index (χ3v) is 6.03. The maximum atomic E-state index is 14.6. The van der Waals surface area contributed by atoms with E-state index in [4.69, 9.17) is 28.9 Å². The fourth-order valence-corrected chi connectivity index (χ4v) is 4.77. The number of nitrogens with zero attached hydrogens (tertiary/aromatic N) is 4. The normalized spacial score (nSPS) is 24.4. The minimum Gasteiger partial charge on any atom is -0.381 e. The summed E-state index contributed by atoms with van der Waals surface area (Å²) in [4.78, 5) is 23.9. The Kier molecular flexibility index (Phi) is 6.34. The Morgan fingerprint density at radius 2 is 1.90 bits per heavy atom.